The number of anilines is 2. The third-order valence-electron chi connectivity index (χ3n) is 6.12. The lowest BCUT2D eigenvalue weighted by molar-refractivity contribution is 0.133. The molecule has 3 heterocycles. The summed E-state index contributed by atoms with van der Waals surface area (Å²) in [4.78, 5) is 13.3. The van der Waals surface area contributed by atoms with Crippen LogP contribution in [0.2, 0.25) is 0 Å². The molecule has 1 aliphatic rings. The number of methoxy groups -OCH3 is 1. The highest BCUT2D eigenvalue weighted by Crippen LogP contribution is 2.27. The smallest absolute Gasteiger partial charge is 0.227 e. The molecular formula is C24H31F2N7O2. The normalized spacial score (nSPS) is 14.8. The Balaban J connectivity index is 1.28. The van der Waals surface area contributed by atoms with Gasteiger partial charge >= 0.3 is 0 Å². The van der Waals surface area contributed by atoms with E-state index >= 15 is 0 Å². The van der Waals surface area contributed by atoms with Crippen LogP contribution in [0, 0.1) is 18.6 Å². The third kappa shape index (κ3) is 6.23. The molecule has 188 valence electrons. The Morgan fingerprint density at radius 3 is 2.40 bits per heavy atom. The number of hydrogen-bond acceptors (Lipinski definition) is 8. The fraction of sp³-hybridized carbons (Fsp3) is 0.458. The zero-order chi connectivity index (χ0) is 24.8. The van der Waals surface area contributed by atoms with Gasteiger partial charge in [-0.3, -0.25) is 9.58 Å². The molecule has 0 aliphatic carbocycles. The number of aromatic nitrogens is 4. The number of nitrogens with zero attached hydrogens (tertiary/aromatic N) is 6. The van der Waals surface area contributed by atoms with Crippen LogP contribution in [-0.4, -0.2) is 75.9 Å². The fourth-order valence-electron chi connectivity index (χ4n) is 3.94. The van der Waals surface area contributed by atoms with E-state index in [9.17, 15) is 8.78 Å². The van der Waals surface area contributed by atoms with Gasteiger partial charge in [0, 0.05) is 38.9 Å². The van der Waals surface area contributed by atoms with Gasteiger partial charge in [-0.05, 0) is 25.1 Å². The molecule has 4 rings (SSSR count). The van der Waals surface area contributed by atoms with Crippen LogP contribution in [0.5, 0.6) is 11.5 Å². The fourth-order valence-corrected chi connectivity index (χ4v) is 3.94. The maximum Gasteiger partial charge on any atom is 0.227 e. The minimum Gasteiger partial charge on any atom is -0.494 e. The van der Waals surface area contributed by atoms with Crippen LogP contribution in [-0.2, 0) is 13.2 Å². The second-order valence-corrected chi connectivity index (χ2v) is 8.43. The van der Waals surface area contributed by atoms with Gasteiger partial charge in [-0.1, -0.05) is 6.92 Å². The third-order valence-corrected chi connectivity index (χ3v) is 6.12. The number of halogens is 2. The molecule has 1 saturated heterocycles. The first kappa shape index (κ1) is 24.8. The van der Waals surface area contributed by atoms with E-state index in [2.05, 4.69) is 37.1 Å². The topological polar surface area (TPSA) is 80.6 Å². The minimum absolute atomic E-state index is 0.0297. The van der Waals surface area contributed by atoms with Gasteiger partial charge in [-0.25, -0.2) is 18.7 Å². The predicted octanol–water partition coefficient (Wildman–Crippen LogP) is 3.23. The standard InChI is InChI=1S/C24H31F2N7O2/c1-4-31-5-7-32(8-6-31)9-10-33-15-18(12-29-33)30-24-27-13-19(14-28-24)35-16-20-22(25)17(2)11-21(34-3)23(20)26/h11-15H,4-10,16H2,1-3H3,(H,27,28,30). The first-order chi connectivity index (χ1) is 17.0. The van der Waals surface area contributed by atoms with Crippen LogP contribution in [0.15, 0.2) is 30.9 Å². The van der Waals surface area contributed by atoms with Crippen molar-refractivity contribution in [2.75, 3.05) is 51.7 Å². The first-order valence-corrected chi connectivity index (χ1v) is 11.7. The lowest BCUT2D eigenvalue weighted by Gasteiger charge is -2.33. The first-order valence-electron chi connectivity index (χ1n) is 11.7. The molecule has 0 radical (unpaired) electrons. The molecule has 0 saturated carbocycles. The van der Waals surface area contributed by atoms with Gasteiger partial charge < -0.3 is 19.7 Å². The van der Waals surface area contributed by atoms with E-state index in [-0.39, 0.29) is 29.2 Å². The van der Waals surface area contributed by atoms with Crippen LogP contribution in [0.4, 0.5) is 20.4 Å². The molecule has 9 nitrogen and oxygen atoms in total. The van der Waals surface area contributed by atoms with Crippen LogP contribution >= 0.6 is 0 Å². The number of nitrogens with one attached hydrogen (secondary N) is 1. The van der Waals surface area contributed by atoms with Gasteiger partial charge in [0.1, 0.15) is 12.4 Å². The number of hydrogen-bond donors (Lipinski definition) is 1. The minimum atomic E-state index is -0.782. The summed E-state index contributed by atoms with van der Waals surface area (Å²) in [5, 5.41) is 7.50. The molecular weight excluding hydrogens is 456 g/mol. The van der Waals surface area contributed by atoms with Crippen molar-refractivity contribution in [1.82, 2.24) is 29.5 Å². The van der Waals surface area contributed by atoms with E-state index in [1.807, 2.05) is 10.9 Å². The zero-order valence-corrected chi connectivity index (χ0v) is 20.3. The molecule has 1 N–H and O–H groups in total. The number of ether oxygens (including phenoxy) is 2. The van der Waals surface area contributed by atoms with Gasteiger partial charge in [0.25, 0.3) is 0 Å². The Morgan fingerprint density at radius 1 is 1.00 bits per heavy atom. The van der Waals surface area contributed by atoms with Crippen LogP contribution in [0.25, 0.3) is 0 Å². The lowest BCUT2D eigenvalue weighted by atomic mass is 10.1. The Labute approximate surface area is 203 Å². The molecule has 1 aromatic carbocycles. The van der Waals surface area contributed by atoms with E-state index in [0.717, 1.165) is 51.5 Å². The number of rotatable bonds is 10. The predicted molar refractivity (Wildman–Crippen MR) is 128 cm³/mol. The zero-order valence-electron chi connectivity index (χ0n) is 20.3. The molecule has 0 bridgehead atoms. The van der Waals surface area contributed by atoms with E-state index < -0.39 is 11.6 Å². The van der Waals surface area contributed by atoms with Crippen LogP contribution in [0.3, 0.4) is 0 Å². The van der Waals surface area contributed by atoms with Crippen molar-refractivity contribution in [2.24, 2.45) is 0 Å². The molecule has 0 spiro atoms. The van der Waals surface area contributed by atoms with E-state index in [4.69, 9.17) is 9.47 Å². The molecule has 1 aliphatic heterocycles. The average molecular weight is 488 g/mol. The van der Waals surface area contributed by atoms with E-state index in [0.29, 0.717) is 5.95 Å². The largest absolute Gasteiger partial charge is 0.494 e. The quantitative estimate of drug-likeness (QED) is 0.467. The number of benzene rings is 1. The monoisotopic (exact) mass is 487 g/mol. The van der Waals surface area contributed by atoms with E-state index in [1.54, 1.807) is 13.1 Å². The van der Waals surface area contributed by atoms with Crippen molar-refractivity contribution in [1.29, 1.82) is 0 Å². The van der Waals surface area contributed by atoms with Gasteiger partial charge in [0.05, 0.1) is 43.5 Å². The van der Waals surface area contributed by atoms with Crippen molar-refractivity contribution in [3.63, 3.8) is 0 Å². The van der Waals surface area contributed by atoms with Gasteiger partial charge in [0.15, 0.2) is 17.3 Å². The molecule has 0 atom stereocenters. The summed E-state index contributed by atoms with van der Waals surface area (Å²) in [6.07, 6.45) is 6.52. The lowest BCUT2D eigenvalue weighted by Crippen LogP contribution is -2.46. The molecule has 3 aromatic rings. The van der Waals surface area contributed by atoms with Gasteiger partial charge in [-0.15, -0.1) is 0 Å². The second kappa shape index (κ2) is 11.4. The summed E-state index contributed by atoms with van der Waals surface area (Å²) in [5.41, 5.74) is 0.839. The summed E-state index contributed by atoms with van der Waals surface area (Å²) >= 11 is 0. The maximum atomic E-state index is 14.4. The molecule has 0 amide bonds. The van der Waals surface area contributed by atoms with E-state index in [1.165, 1.54) is 25.6 Å². The Kier molecular flexibility index (Phi) is 8.09. The highest BCUT2D eigenvalue weighted by atomic mass is 19.1. The molecule has 35 heavy (non-hydrogen) atoms. The van der Waals surface area contributed by atoms with Crippen LogP contribution in [0.1, 0.15) is 18.1 Å². The summed E-state index contributed by atoms with van der Waals surface area (Å²) in [6.45, 7) is 10.7. The maximum absolute atomic E-state index is 14.4. The number of aryl methyl sites for hydroxylation is 1. The molecule has 11 heteroatoms. The van der Waals surface area contributed by atoms with Crippen LogP contribution < -0.4 is 14.8 Å². The summed E-state index contributed by atoms with van der Waals surface area (Å²) in [6, 6.07) is 1.31. The molecule has 2 aromatic heterocycles. The van der Waals surface area contributed by atoms with Gasteiger partial charge in [0.2, 0.25) is 5.95 Å². The highest BCUT2D eigenvalue weighted by Gasteiger charge is 2.18. The van der Waals surface area contributed by atoms with Crippen molar-refractivity contribution in [3.05, 3.63) is 53.6 Å². The van der Waals surface area contributed by atoms with Crippen molar-refractivity contribution < 1.29 is 18.3 Å². The molecule has 1 fully saturated rings. The summed E-state index contributed by atoms with van der Waals surface area (Å²) in [7, 11) is 1.33. The Morgan fingerprint density at radius 2 is 1.71 bits per heavy atom. The SMILES string of the molecule is CCN1CCN(CCn2cc(Nc3ncc(OCc4c(F)c(C)cc(OC)c4F)cn3)cn2)CC1. The van der Waals surface area contributed by atoms with Crippen molar-refractivity contribution in [3.8, 4) is 11.5 Å². The van der Waals surface area contributed by atoms with Crippen molar-refractivity contribution >= 4 is 11.6 Å². The van der Waals surface area contributed by atoms with Crippen molar-refractivity contribution in [2.45, 2.75) is 27.0 Å². The van der Waals surface area contributed by atoms with Gasteiger partial charge in [-0.2, -0.15) is 5.10 Å². The average Bonchev–Trinajstić information content (AvgIpc) is 3.33. The second-order valence-electron chi connectivity index (χ2n) is 8.43. The Bertz CT molecular complexity index is 1120. The highest BCUT2D eigenvalue weighted by molar-refractivity contribution is 5.50. The molecule has 0 unspecified atom stereocenters. The number of likely N-dealkylation sites (N-methyl/N-ethyl adjacent to an activating group) is 1. The summed E-state index contributed by atoms with van der Waals surface area (Å²) < 4.78 is 41.1. The number of piperazine rings is 1. The summed E-state index contributed by atoms with van der Waals surface area (Å²) in [5.74, 6) is -0.827. The Hall–Kier alpha value is -3.31.